The van der Waals surface area contributed by atoms with E-state index < -0.39 is 8.72 Å². The molecule has 0 saturated heterocycles. The molecule has 0 aliphatic rings. The van der Waals surface area contributed by atoms with Gasteiger partial charge >= 0.3 is 8.72 Å². The van der Waals surface area contributed by atoms with Crippen molar-refractivity contribution in [3.05, 3.63) is 12.3 Å². The maximum atomic E-state index is 5.53. The van der Waals surface area contributed by atoms with Crippen LogP contribution in [0.25, 0.3) is 0 Å². The fraction of sp³-hybridized carbons (Fsp3) is 0.800. The fourth-order valence-corrected chi connectivity index (χ4v) is 3.95. The lowest BCUT2D eigenvalue weighted by atomic mass is 10.4. The van der Waals surface area contributed by atoms with E-state index in [2.05, 4.69) is 25.0 Å². The van der Waals surface area contributed by atoms with E-state index >= 15 is 0 Å². The molecule has 0 saturated carbocycles. The Hall–Kier alpha value is -0.163. The van der Waals surface area contributed by atoms with Crippen LogP contribution < -0.4 is 0 Å². The highest BCUT2D eigenvalue weighted by molar-refractivity contribution is 6.69. The molecule has 0 atom stereocenters. The predicted molar refractivity (Wildman–Crippen MR) is 62.1 cm³/mol. The second-order valence-corrected chi connectivity index (χ2v) is 6.35. The van der Waals surface area contributed by atoms with Crippen LogP contribution in [-0.2, 0) is 8.85 Å². The summed E-state index contributed by atoms with van der Waals surface area (Å²) >= 11 is 0. The van der Waals surface area contributed by atoms with E-state index in [1.54, 1.807) is 14.2 Å². The minimum atomic E-state index is -2.29. The van der Waals surface area contributed by atoms with E-state index in [0.717, 1.165) is 25.9 Å². The Balaban J connectivity index is 4.60. The van der Waals surface area contributed by atoms with Gasteiger partial charge in [0.05, 0.1) is 0 Å². The SMILES string of the molecule is C=C[Si](OC)(OC)N(CCC)CCC. The molecular weight excluding hydrogens is 194 g/mol. The lowest BCUT2D eigenvalue weighted by Crippen LogP contribution is -2.56. The lowest BCUT2D eigenvalue weighted by Gasteiger charge is -2.35. The largest absolute Gasteiger partial charge is 0.454 e. The Morgan fingerprint density at radius 3 is 1.79 bits per heavy atom. The summed E-state index contributed by atoms with van der Waals surface area (Å²) in [6.45, 7) is 10.2. The Labute approximate surface area is 89.0 Å². The second-order valence-electron chi connectivity index (χ2n) is 3.23. The summed E-state index contributed by atoms with van der Waals surface area (Å²) in [5.41, 5.74) is 1.85. The van der Waals surface area contributed by atoms with Crippen LogP contribution in [0.15, 0.2) is 12.3 Å². The normalized spacial score (nSPS) is 12.1. The maximum Gasteiger partial charge on any atom is 0.454 e. The molecule has 0 unspecified atom stereocenters. The highest BCUT2D eigenvalue weighted by atomic mass is 28.4. The third kappa shape index (κ3) is 3.20. The summed E-state index contributed by atoms with van der Waals surface area (Å²) in [6.07, 6.45) is 2.21. The highest BCUT2D eigenvalue weighted by Gasteiger charge is 2.39. The van der Waals surface area contributed by atoms with Crippen molar-refractivity contribution in [1.29, 1.82) is 0 Å². The van der Waals surface area contributed by atoms with Crippen molar-refractivity contribution in [2.75, 3.05) is 27.3 Å². The van der Waals surface area contributed by atoms with Crippen LogP contribution >= 0.6 is 0 Å². The van der Waals surface area contributed by atoms with Crippen molar-refractivity contribution in [1.82, 2.24) is 4.57 Å². The zero-order valence-electron chi connectivity index (χ0n) is 9.88. The predicted octanol–water partition coefficient (Wildman–Crippen LogP) is 2.07. The first-order valence-corrected chi connectivity index (χ1v) is 7.03. The molecular formula is C10H23NO2Si. The van der Waals surface area contributed by atoms with Gasteiger partial charge in [0.25, 0.3) is 0 Å². The van der Waals surface area contributed by atoms with Crippen LogP contribution in [-0.4, -0.2) is 40.6 Å². The number of nitrogens with zero attached hydrogens (tertiary/aromatic N) is 1. The molecule has 0 bridgehead atoms. The van der Waals surface area contributed by atoms with E-state index in [4.69, 9.17) is 8.85 Å². The summed E-state index contributed by atoms with van der Waals surface area (Å²) in [5, 5.41) is 0. The molecule has 0 aliphatic carbocycles. The number of hydrogen-bond donors (Lipinski definition) is 0. The van der Waals surface area contributed by atoms with E-state index in [0.29, 0.717) is 0 Å². The Morgan fingerprint density at radius 2 is 1.57 bits per heavy atom. The van der Waals surface area contributed by atoms with Gasteiger partial charge in [-0.3, -0.25) is 4.57 Å². The molecule has 0 aliphatic heterocycles. The first kappa shape index (κ1) is 13.8. The summed E-state index contributed by atoms with van der Waals surface area (Å²) < 4.78 is 13.3. The monoisotopic (exact) mass is 217 g/mol. The van der Waals surface area contributed by atoms with Crippen LogP contribution in [0.4, 0.5) is 0 Å². The van der Waals surface area contributed by atoms with Gasteiger partial charge in [-0.1, -0.05) is 13.8 Å². The van der Waals surface area contributed by atoms with Crippen molar-refractivity contribution >= 4 is 8.72 Å². The summed E-state index contributed by atoms with van der Waals surface area (Å²) in [4.78, 5) is 0. The van der Waals surface area contributed by atoms with E-state index in [-0.39, 0.29) is 0 Å². The Morgan fingerprint density at radius 1 is 1.14 bits per heavy atom. The lowest BCUT2D eigenvalue weighted by molar-refractivity contribution is 0.175. The average molecular weight is 217 g/mol. The van der Waals surface area contributed by atoms with Gasteiger partial charge in [0.1, 0.15) is 0 Å². The van der Waals surface area contributed by atoms with Crippen LogP contribution in [0.3, 0.4) is 0 Å². The van der Waals surface area contributed by atoms with Crippen molar-refractivity contribution in [2.24, 2.45) is 0 Å². The maximum absolute atomic E-state index is 5.53. The van der Waals surface area contributed by atoms with Crippen LogP contribution in [0.2, 0.25) is 0 Å². The minimum Gasteiger partial charge on any atom is -0.383 e. The first-order valence-electron chi connectivity index (χ1n) is 5.19. The third-order valence-corrected chi connectivity index (χ3v) is 5.29. The quantitative estimate of drug-likeness (QED) is 0.581. The van der Waals surface area contributed by atoms with Gasteiger partial charge < -0.3 is 8.85 Å². The molecule has 0 heterocycles. The molecule has 0 rings (SSSR count). The summed E-state index contributed by atoms with van der Waals surface area (Å²) in [7, 11) is 1.12. The van der Waals surface area contributed by atoms with Gasteiger partial charge in [0.15, 0.2) is 0 Å². The van der Waals surface area contributed by atoms with E-state index in [1.807, 2.05) is 5.70 Å². The molecule has 0 spiro atoms. The summed E-state index contributed by atoms with van der Waals surface area (Å²) in [6, 6.07) is 0. The number of hydrogen-bond acceptors (Lipinski definition) is 3. The average Bonchev–Trinajstić information content (AvgIpc) is 2.22. The Bertz CT molecular complexity index is 154. The van der Waals surface area contributed by atoms with Gasteiger partial charge in [0.2, 0.25) is 0 Å². The van der Waals surface area contributed by atoms with Gasteiger partial charge in [-0.05, 0) is 31.6 Å². The first-order chi connectivity index (χ1) is 6.70. The van der Waals surface area contributed by atoms with Crippen molar-refractivity contribution in [3.63, 3.8) is 0 Å². The molecule has 0 aromatic rings. The van der Waals surface area contributed by atoms with Gasteiger partial charge in [-0.2, -0.15) is 0 Å². The number of rotatable bonds is 8. The molecule has 0 fully saturated rings. The highest BCUT2D eigenvalue weighted by Crippen LogP contribution is 2.14. The molecule has 0 radical (unpaired) electrons. The molecule has 0 aromatic carbocycles. The molecule has 84 valence electrons. The van der Waals surface area contributed by atoms with E-state index in [1.165, 1.54) is 0 Å². The molecule has 4 heteroatoms. The molecule has 0 amide bonds. The zero-order chi connectivity index (χ0) is 11.0. The smallest absolute Gasteiger partial charge is 0.383 e. The zero-order valence-corrected chi connectivity index (χ0v) is 10.9. The molecule has 14 heavy (non-hydrogen) atoms. The Kier molecular flexibility index (Phi) is 7.09. The van der Waals surface area contributed by atoms with Crippen LogP contribution in [0.1, 0.15) is 26.7 Å². The van der Waals surface area contributed by atoms with Crippen LogP contribution in [0.5, 0.6) is 0 Å². The van der Waals surface area contributed by atoms with Crippen molar-refractivity contribution < 1.29 is 8.85 Å². The van der Waals surface area contributed by atoms with Gasteiger partial charge in [-0.15, -0.1) is 6.58 Å². The second kappa shape index (κ2) is 7.17. The van der Waals surface area contributed by atoms with Crippen LogP contribution in [0, 0.1) is 0 Å². The molecule has 0 N–H and O–H groups in total. The molecule has 0 aromatic heterocycles. The van der Waals surface area contributed by atoms with Gasteiger partial charge in [-0.25, -0.2) is 0 Å². The summed E-state index contributed by atoms with van der Waals surface area (Å²) in [5.74, 6) is 0. The van der Waals surface area contributed by atoms with Crippen molar-refractivity contribution in [2.45, 2.75) is 26.7 Å². The molecule has 3 nitrogen and oxygen atoms in total. The van der Waals surface area contributed by atoms with E-state index in [9.17, 15) is 0 Å². The minimum absolute atomic E-state index is 1.01. The topological polar surface area (TPSA) is 21.7 Å². The van der Waals surface area contributed by atoms with Crippen molar-refractivity contribution in [3.8, 4) is 0 Å². The third-order valence-electron chi connectivity index (χ3n) is 2.27. The standard InChI is InChI=1S/C10H23NO2Si/c1-6-9-11(10-7-2)14(8-3,12-4)13-5/h8H,3,6-7,9-10H2,1-2,4-5H3. The fourth-order valence-electron chi connectivity index (χ4n) is 1.60. The van der Waals surface area contributed by atoms with Gasteiger partial charge in [0, 0.05) is 14.2 Å².